The summed E-state index contributed by atoms with van der Waals surface area (Å²) in [6.45, 7) is 5.30. The molecule has 3 aromatic rings. The maximum absolute atomic E-state index is 12.3. The second-order valence-electron chi connectivity index (χ2n) is 8.45. The molecule has 0 saturated heterocycles. The number of nitrogens with one attached hydrogen (secondary N) is 1. The number of rotatable bonds is 8. The third-order valence-electron chi connectivity index (χ3n) is 4.51. The van der Waals surface area contributed by atoms with Crippen molar-refractivity contribution < 1.29 is 27.9 Å². The Morgan fingerprint density at radius 3 is 2.50 bits per heavy atom. The van der Waals surface area contributed by atoms with Crippen LogP contribution in [0.25, 0.3) is 0 Å². The summed E-state index contributed by atoms with van der Waals surface area (Å²) in [5.41, 5.74) is 11.2. The molecule has 0 aliphatic rings. The molecule has 0 aliphatic carbocycles. The fourth-order valence-corrected chi connectivity index (χ4v) is 2.91. The second kappa shape index (κ2) is 11.3. The van der Waals surface area contributed by atoms with E-state index >= 15 is 0 Å². The molecule has 0 saturated carbocycles. The number of hydrogen-bond donors (Lipinski definition) is 3. The fraction of sp³-hybridized carbons (Fsp3) is 0.304. The molecule has 0 atom stereocenters. The lowest BCUT2D eigenvalue weighted by molar-refractivity contribution is -0.116. The molecule has 0 radical (unpaired) electrons. The Balaban J connectivity index is 1.67. The Morgan fingerprint density at radius 2 is 1.81 bits per heavy atom. The molecule has 0 spiro atoms. The Kier molecular flexibility index (Phi) is 8.17. The van der Waals surface area contributed by atoms with E-state index in [1.165, 1.54) is 18.2 Å². The third kappa shape index (κ3) is 6.99. The second-order valence-corrected chi connectivity index (χ2v) is 8.45. The minimum absolute atomic E-state index is 0.0263. The van der Waals surface area contributed by atoms with Crippen LogP contribution < -0.4 is 27.3 Å². The lowest BCUT2D eigenvalue weighted by Gasteiger charge is -2.14. The number of nitrogens with zero attached hydrogens (tertiary/aromatic N) is 3. The normalized spacial score (nSPS) is 11.4. The number of hydrogen-bond acceptors (Lipinski definition) is 12. The van der Waals surface area contributed by atoms with Crippen molar-refractivity contribution in [1.82, 2.24) is 4.98 Å². The summed E-state index contributed by atoms with van der Waals surface area (Å²) < 4.78 is 20.3. The Morgan fingerprint density at radius 1 is 1.08 bits per heavy atom. The number of carbonyl (C=O) groups excluding carboxylic acids is 2. The van der Waals surface area contributed by atoms with Crippen LogP contribution in [0.5, 0.6) is 5.75 Å². The molecule has 0 bridgehead atoms. The number of azo groups is 1. The van der Waals surface area contributed by atoms with Crippen LogP contribution in [0.3, 0.4) is 0 Å². The smallest absolute Gasteiger partial charge is 0.426 e. The number of amides is 1. The largest absolute Gasteiger partial charge is 0.519 e. The highest BCUT2D eigenvalue weighted by Gasteiger charge is 2.27. The number of aromatic nitrogens is 1. The minimum atomic E-state index is -1.06. The van der Waals surface area contributed by atoms with Crippen molar-refractivity contribution in [3.05, 3.63) is 58.5 Å². The molecule has 36 heavy (non-hydrogen) atoms. The first-order chi connectivity index (χ1) is 17.1. The van der Waals surface area contributed by atoms with E-state index in [1.807, 2.05) is 20.8 Å². The lowest BCUT2D eigenvalue weighted by atomic mass is 9.92. The fourth-order valence-electron chi connectivity index (χ4n) is 2.91. The zero-order valence-corrected chi connectivity index (χ0v) is 19.9. The van der Waals surface area contributed by atoms with Gasteiger partial charge in [0.2, 0.25) is 5.91 Å². The van der Waals surface area contributed by atoms with Gasteiger partial charge >= 0.3 is 12.0 Å². The standard InChI is InChI=1S/C23H26N6O7/c1-23(2,3)19-16(35-22(32)36-19)12-33-21(31)34-15-7-5-4-6-13(15)28-29-14-8-9-17(27-20(14)25)26-18(30)10-11-24/h4-9H,10-12,24H2,1-3H3,(H3,25,26,27,30)/b29-28+. The summed E-state index contributed by atoms with van der Waals surface area (Å²) in [6.07, 6.45) is -0.906. The number of ether oxygens (including phenoxy) is 2. The highest BCUT2D eigenvalue weighted by Crippen LogP contribution is 2.31. The first kappa shape index (κ1) is 26.1. The molecule has 0 unspecified atom stereocenters. The van der Waals surface area contributed by atoms with Gasteiger partial charge in [-0.3, -0.25) is 4.79 Å². The monoisotopic (exact) mass is 498 g/mol. The van der Waals surface area contributed by atoms with Gasteiger partial charge in [-0.1, -0.05) is 32.9 Å². The number of nitrogens with two attached hydrogens (primary N) is 2. The SMILES string of the molecule is CC(C)(C)c1oc(=O)oc1COC(=O)Oc1ccccc1/N=N/c1ccc(NC(=O)CCN)nc1N. The van der Waals surface area contributed by atoms with Crippen molar-refractivity contribution in [1.29, 1.82) is 0 Å². The average Bonchev–Trinajstić information content (AvgIpc) is 3.19. The van der Waals surface area contributed by atoms with Crippen molar-refractivity contribution in [2.24, 2.45) is 16.0 Å². The number of benzene rings is 1. The average molecular weight is 498 g/mol. The van der Waals surface area contributed by atoms with Gasteiger partial charge in [-0.05, 0) is 24.3 Å². The molecule has 5 N–H and O–H groups in total. The summed E-state index contributed by atoms with van der Waals surface area (Å²) in [7, 11) is 0. The van der Waals surface area contributed by atoms with Gasteiger partial charge < -0.3 is 35.1 Å². The van der Waals surface area contributed by atoms with Gasteiger partial charge in [-0.15, -0.1) is 10.2 Å². The van der Waals surface area contributed by atoms with Gasteiger partial charge in [0, 0.05) is 18.4 Å². The molecule has 0 fully saturated rings. The van der Waals surface area contributed by atoms with Gasteiger partial charge in [0.25, 0.3) is 0 Å². The van der Waals surface area contributed by atoms with E-state index < -0.39 is 17.4 Å². The van der Waals surface area contributed by atoms with E-state index in [9.17, 15) is 14.4 Å². The van der Waals surface area contributed by atoms with Crippen molar-refractivity contribution in [2.45, 2.75) is 39.2 Å². The summed E-state index contributed by atoms with van der Waals surface area (Å²) in [6, 6.07) is 9.38. The van der Waals surface area contributed by atoms with Gasteiger partial charge in [0.1, 0.15) is 17.2 Å². The van der Waals surface area contributed by atoms with E-state index in [0.717, 1.165) is 0 Å². The van der Waals surface area contributed by atoms with Crippen LogP contribution >= 0.6 is 0 Å². The van der Waals surface area contributed by atoms with Crippen molar-refractivity contribution in [3.8, 4) is 5.75 Å². The summed E-state index contributed by atoms with van der Waals surface area (Å²) in [4.78, 5) is 39.5. The van der Waals surface area contributed by atoms with Crippen LogP contribution in [-0.2, 0) is 21.6 Å². The van der Waals surface area contributed by atoms with Crippen LogP contribution in [0, 0.1) is 0 Å². The van der Waals surface area contributed by atoms with E-state index in [-0.39, 0.29) is 65.8 Å². The zero-order valence-electron chi connectivity index (χ0n) is 19.9. The van der Waals surface area contributed by atoms with Crippen LogP contribution in [0.4, 0.5) is 27.8 Å². The number of pyridine rings is 1. The maximum Gasteiger partial charge on any atom is 0.519 e. The highest BCUT2D eigenvalue weighted by atomic mass is 16.7. The molecule has 190 valence electrons. The number of nitrogen functional groups attached to an aromatic ring is 1. The summed E-state index contributed by atoms with van der Waals surface area (Å²) in [5.74, 6) is -0.488. The summed E-state index contributed by atoms with van der Waals surface area (Å²) in [5, 5.41) is 10.7. The number of carbonyl (C=O) groups is 2. The topological polar surface area (TPSA) is 198 Å². The molecule has 1 aromatic carbocycles. The molecule has 3 rings (SSSR count). The van der Waals surface area contributed by atoms with Gasteiger partial charge in [-0.2, -0.15) is 0 Å². The Labute approximate surface area is 205 Å². The van der Waals surface area contributed by atoms with E-state index in [0.29, 0.717) is 0 Å². The van der Waals surface area contributed by atoms with Crippen molar-refractivity contribution >= 4 is 35.1 Å². The number of anilines is 2. The Bertz CT molecular complexity index is 1320. The minimum Gasteiger partial charge on any atom is -0.426 e. The van der Waals surface area contributed by atoms with E-state index in [4.69, 9.17) is 29.8 Å². The predicted octanol–water partition coefficient (Wildman–Crippen LogP) is 3.93. The molecule has 2 aromatic heterocycles. The molecule has 2 heterocycles. The predicted molar refractivity (Wildman–Crippen MR) is 128 cm³/mol. The van der Waals surface area contributed by atoms with E-state index in [2.05, 4.69) is 20.5 Å². The van der Waals surface area contributed by atoms with Crippen LogP contribution in [0.1, 0.15) is 38.7 Å². The van der Waals surface area contributed by atoms with Gasteiger partial charge in [0.05, 0.1) is 0 Å². The lowest BCUT2D eigenvalue weighted by Crippen LogP contribution is -2.17. The zero-order chi connectivity index (χ0) is 26.3. The third-order valence-corrected chi connectivity index (χ3v) is 4.51. The van der Waals surface area contributed by atoms with Crippen LogP contribution in [0.2, 0.25) is 0 Å². The summed E-state index contributed by atoms with van der Waals surface area (Å²) >= 11 is 0. The first-order valence-electron chi connectivity index (χ1n) is 10.8. The Hall–Kier alpha value is -4.52. The number of para-hydroxylation sites is 1. The van der Waals surface area contributed by atoms with Crippen molar-refractivity contribution in [3.63, 3.8) is 0 Å². The highest BCUT2D eigenvalue weighted by molar-refractivity contribution is 5.90. The van der Waals surface area contributed by atoms with Crippen molar-refractivity contribution in [2.75, 3.05) is 17.6 Å². The van der Waals surface area contributed by atoms with Gasteiger partial charge in [0.15, 0.2) is 29.7 Å². The molecular weight excluding hydrogens is 472 g/mol. The molecule has 13 nitrogen and oxygen atoms in total. The van der Waals surface area contributed by atoms with Crippen LogP contribution in [0.15, 0.2) is 60.3 Å². The maximum atomic E-state index is 12.3. The quantitative estimate of drug-likeness (QED) is 0.232. The van der Waals surface area contributed by atoms with Crippen LogP contribution in [-0.4, -0.2) is 23.6 Å². The molecule has 13 heteroatoms. The van der Waals surface area contributed by atoms with E-state index in [1.54, 1.807) is 18.2 Å². The van der Waals surface area contributed by atoms with Gasteiger partial charge in [-0.25, -0.2) is 14.6 Å². The molecule has 1 amide bonds. The molecular formula is C23H26N6O7. The first-order valence-corrected chi connectivity index (χ1v) is 10.8. The molecule has 0 aliphatic heterocycles.